The minimum absolute atomic E-state index is 0.00904. The van der Waals surface area contributed by atoms with Crippen LogP contribution in [0.25, 0.3) is 0 Å². The Hall–Kier alpha value is -0.980. The number of aryl methyl sites for hydroxylation is 1. The molecule has 0 aromatic carbocycles. The van der Waals surface area contributed by atoms with Gasteiger partial charge in [0.25, 0.3) is 0 Å². The molecule has 0 aliphatic carbocycles. The first-order valence-electron chi connectivity index (χ1n) is 7.16. The highest BCUT2D eigenvalue weighted by Gasteiger charge is 2.23. The van der Waals surface area contributed by atoms with Crippen LogP contribution in [0.2, 0.25) is 0 Å². The van der Waals surface area contributed by atoms with Gasteiger partial charge in [-0.05, 0) is 62.9 Å². The maximum Gasteiger partial charge on any atom is 0.212 e. The van der Waals surface area contributed by atoms with Gasteiger partial charge in [0.2, 0.25) is 10.0 Å². The fourth-order valence-electron chi connectivity index (χ4n) is 2.55. The van der Waals surface area contributed by atoms with Gasteiger partial charge in [-0.25, -0.2) is 13.1 Å². The van der Waals surface area contributed by atoms with Crippen molar-refractivity contribution in [3.63, 3.8) is 0 Å². The van der Waals surface area contributed by atoms with E-state index < -0.39 is 10.0 Å². The molecule has 0 radical (unpaired) electrons. The van der Waals surface area contributed by atoms with Crippen LogP contribution in [0, 0.1) is 5.92 Å². The van der Waals surface area contributed by atoms with Crippen LogP contribution in [0.3, 0.4) is 0 Å². The van der Waals surface area contributed by atoms with Gasteiger partial charge in [-0.15, -0.1) is 0 Å². The minimum atomic E-state index is -3.23. The number of hydrogen-bond acceptors (Lipinski definition) is 4. The van der Waals surface area contributed by atoms with Crippen molar-refractivity contribution < 1.29 is 8.42 Å². The van der Waals surface area contributed by atoms with Crippen LogP contribution in [0.1, 0.15) is 25.3 Å². The van der Waals surface area contributed by atoms with Crippen LogP contribution in [0.4, 0.5) is 0 Å². The second kappa shape index (κ2) is 7.15. The van der Waals surface area contributed by atoms with Crippen molar-refractivity contribution in [1.29, 1.82) is 0 Å². The van der Waals surface area contributed by atoms with Crippen molar-refractivity contribution in [2.45, 2.75) is 32.2 Å². The van der Waals surface area contributed by atoms with Gasteiger partial charge in [0.15, 0.2) is 0 Å². The molecular weight excluding hydrogens is 274 g/mol. The van der Waals surface area contributed by atoms with Gasteiger partial charge in [-0.1, -0.05) is 0 Å². The first kappa shape index (κ1) is 15.4. The third-order valence-electron chi connectivity index (χ3n) is 3.82. The van der Waals surface area contributed by atoms with Gasteiger partial charge in [-0.3, -0.25) is 4.98 Å². The van der Waals surface area contributed by atoms with E-state index in [1.54, 1.807) is 12.4 Å². The molecule has 1 aromatic rings. The molecule has 2 atom stereocenters. The zero-order valence-electron chi connectivity index (χ0n) is 11.9. The van der Waals surface area contributed by atoms with Crippen LogP contribution >= 0.6 is 0 Å². The second-order valence-electron chi connectivity index (χ2n) is 5.44. The van der Waals surface area contributed by atoms with Gasteiger partial charge in [-0.2, -0.15) is 0 Å². The largest absolute Gasteiger partial charge is 0.316 e. The molecule has 1 aromatic heterocycles. The van der Waals surface area contributed by atoms with Crippen molar-refractivity contribution in [1.82, 2.24) is 15.0 Å². The zero-order valence-corrected chi connectivity index (χ0v) is 12.7. The Bertz CT molecular complexity index is 498. The van der Waals surface area contributed by atoms with Gasteiger partial charge in [0.05, 0.1) is 5.75 Å². The smallest absolute Gasteiger partial charge is 0.212 e. The van der Waals surface area contributed by atoms with Gasteiger partial charge >= 0.3 is 0 Å². The van der Waals surface area contributed by atoms with Crippen molar-refractivity contribution in [3.05, 3.63) is 30.1 Å². The number of rotatable bonds is 6. The van der Waals surface area contributed by atoms with E-state index in [0.29, 0.717) is 12.3 Å². The Balaban J connectivity index is 1.83. The number of aromatic nitrogens is 1. The number of piperidine rings is 1. The molecule has 2 unspecified atom stereocenters. The Kier molecular flexibility index (Phi) is 5.51. The van der Waals surface area contributed by atoms with Gasteiger partial charge < -0.3 is 5.32 Å². The third kappa shape index (κ3) is 4.85. The highest BCUT2D eigenvalue weighted by atomic mass is 32.2. The van der Waals surface area contributed by atoms with Crippen LogP contribution < -0.4 is 10.0 Å². The van der Waals surface area contributed by atoms with E-state index in [9.17, 15) is 8.42 Å². The van der Waals surface area contributed by atoms with Crippen LogP contribution in [-0.4, -0.2) is 38.3 Å². The van der Waals surface area contributed by atoms with Crippen molar-refractivity contribution >= 4 is 10.0 Å². The van der Waals surface area contributed by atoms with Crippen molar-refractivity contribution in [3.8, 4) is 0 Å². The summed E-state index contributed by atoms with van der Waals surface area (Å²) in [4.78, 5) is 3.93. The second-order valence-corrected chi connectivity index (χ2v) is 7.31. The summed E-state index contributed by atoms with van der Waals surface area (Å²) in [6.07, 6.45) is 6.10. The molecule has 0 saturated carbocycles. The summed E-state index contributed by atoms with van der Waals surface area (Å²) in [5.41, 5.74) is 0.998. The predicted molar refractivity (Wildman–Crippen MR) is 79.9 cm³/mol. The average molecular weight is 297 g/mol. The highest BCUT2D eigenvalue weighted by molar-refractivity contribution is 7.89. The maximum atomic E-state index is 12.1. The lowest BCUT2D eigenvalue weighted by Gasteiger charge is -2.28. The molecule has 0 bridgehead atoms. The van der Waals surface area contributed by atoms with E-state index in [2.05, 4.69) is 15.0 Å². The number of nitrogens with zero attached hydrogens (tertiary/aromatic N) is 1. The normalized spacial score (nSPS) is 21.6. The topological polar surface area (TPSA) is 71.1 Å². The van der Waals surface area contributed by atoms with E-state index in [4.69, 9.17) is 0 Å². The molecule has 0 spiro atoms. The molecule has 5 nitrogen and oxygen atoms in total. The molecule has 2 N–H and O–H groups in total. The molecular formula is C14H23N3O2S. The number of pyridine rings is 1. The molecule has 0 amide bonds. The van der Waals surface area contributed by atoms with Gasteiger partial charge in [0.1, 0.15) is 0 Å². The summed E-state index contributed by atoms with van der Waals surface area (Å²) in [6, 6.07) is 3.69. The van der Waals surface area contributed by atoms with E-state index in [1.807, 2.05) is 19.1 Å². The summed E-state index contributed by atoms with van der Waals surface area (Å²) in [5, 5.41) is 3.32. The summed E-state index contributed by atoms with van der Waals surface area (Å²) in [5.74, 6) is 0.515. The summed E-state index contributed by atoms with van der Waals surface area (Å²) < 4.78 is 27.0. The summed E-state index contributed by atoms with van der Waals surface area (Å²) in [6.45, 7) is 3.90. The number of sulfonamides is 1. The molecule has 20 heavy (non-hydrogen) atoms. The number of nitrogens with one attached hydrogen (secondary N) is 2. The molecule has 2 heterocycles. The monoisotopic (exact) mass is 297 g/mol. The Morgan fingerprint density at radius 1 is 1.45 bits per heavy atom. The first-order chi connectivity index (χ1) is 9.57. The first-order valence-corrected chi connectivity index (χ1v) is 8.82. The van der Waals surface area contributed by atoms with Gasteiger partial charge in [0, 0.05) is 18.4 Å². The molecule has 1 fully saturated rings. The fraction of sp³-hybridized carbons (Fsp3) is 0.643. The zero-order chi connectivity index (χ0) is 14.4. The summed E-state index contributed by atoms with van der Waals surface area (Å²) >= 11 is 0. The summed E-state index contributed by atoms with van der Waals surface area (Å²) in [7, 11) is -3.23. The standard InChI is InChI=1S/C14H23N3O2S/c1-12(14-3-2-7-16-11-14)17-20(18,19)10-6-13-4-8-15-9-5-13/h4-5,8-9,12,14,16-17H,2-3,6-7,10-11H2,1H3. The van der Waals surface area contributed by atoms with Crippen LogP contribution in [0.15, 0.2) is 24.5 Å². The quantitative estimate of drug-likeness (QED) is 0.819. The van der Waals surface area contributed by atoms with E-state index in [0.717, 1.165) is 31.5 Å². The molecule has 1 saturated heterocycles. The van der Waals surface area contributed by atoms with Crippen molar-refractivity contribution in [2.75, 3.05) is 18.8 Å². The lowest BCUT2D eigenvalue weighted by molar-refractivity contribution is 0.320. The lowest BCUT2D eigenvalue weighted by Crippen LogP contribution is -2.45. The third-order valence-corrected chi connectivity index (χ3v) is 5.29. The Morgan fingerprint density at radius 3 is 2.85 bits per heavy atom. The van der Waals surface area contributed by atoms with Crippen LogP contribution in [-0.2, 0) is 16.4 Å². The molecule has 6 heteroatoms. The minimum Gasteiger partial charge on any atom is -0.316 e. The Morgan fingerprint density at radius 2 is 2.20 bits per heavy atom. The average Bonchev–Trinajstić information content (AvgIpc) is 2.47. The SMILES string of the molecule is CC(NS(=O)(=O)CCc1ccncc1)C1CCCNC1. The molecule has 2 rings (SSSR count). The highest BCUT2D eigenvalue weighted by Crippen LogP contribution is 2.15. The van der Waals surface area contributed by atoms with Crippen molar-refractivity contribution in [2.24, 2.45) is 5.92 Å². The van der Waals surface area contributed by atoms with Crippen LogP contribution in [0.5, 0.6) is 0 Å². The van der Waals surface area contributed by atoms with E-state index >= 15 is 0 Å². The molecule has 1 aliphatic rings. The fourth-order valence-corrected chi connectivity index (χ4v) is 3.93. The molecule has 1 aliphatic heterocycles. The number of hydrogen-bond donors (Lipinski definition) is 2. The van der Waals surface area contributed by atoms with E-state index in [1.165, 1.54) is 0 Å². The molecule has 112 valence electrons. The Labute approximate surface area is 121 Å². The maximum absolute atomic E-state index is 12.1. The van der Waals surface area contributed by atoms with E-state index in [-0.39, 0.29) is 11.8 Å². The lowest BCUT2D eigenvalue weighted by atomic mass is 9.94. The predicted octanol–water partition coefficient (Wildman–Crippen LogP) is 0.932.